The van der Waals surface area contributed by atoms with E-state index in [-0.39, 0.29) is 5.78 Å². The van der Waals surface area contributed by atoms with Crippen LogP contribution in [0.4, 0.5) is 0 Å². The van der Waals surface area contributed by atoms with Gasteiger partial charge in [-0.25, -0.2) is 0 Å². The second-order valence-electron chi connectivity index (χ2n) is 7.21. The molecule has 4 aromatic carbocycles. The molecule has 0 atom stereocenters. The van der Waals surface area contributed by atoms with E-state index in [0.29, 0.717) is 17.1 Å². The van der Waals surface area contributed by atoms with Crippen molar-refractivity contribution in [2.75, 3.05) is 14.2 Å². The molecule has 4 rings (SSSR count). The minimum Gasteiger partial charge on any atom is -0.496 e. The highest BCUT2D eigenvalue weighted by molar-refractivity contribution is 6.10. The lowest BCUT2D eigenvalue weighted by Crippen LogP contribution is -2.39. The van der Waals surface area contributed by atoms with Gasteiger partial charge in [-0.05, 0) is 17.7 Å². The van der Waals surface area contributed by atoms with Crippen LogP contribution in [-0.2, 0) is 5.41 Å². The number of methoxy groups -OCH3 is 2. The molecular weight excluding hydrogens is 384 g/mol. The highest BCUT2D eigenvalue weighted by Crippen LogP contribution is 2.48. The number of benzene rings is 4. The van der Waals surface area contributed by atoms with Crippen molar-refractivity contribution in [2.45, 2.75) is 5.41 Å². The highest BCUT2D eigenvalue weighted by atomic mass is 16.5. The molecular formula is C28H24O3. The lowest BCUT2D eigenvalue weighted by Gasteiger charge is -2.36. The number of carbonyl (C=O) groups is 1. The van der Waals surface area contributed by atoms with E-state index in [1.54, 1.807) is 14.2 Å². The van der Waals surface area contributed by atoms with Gasteiger partial charge in [-0.3, -0.25) is 4.79 Å². The first kappa shape index (κ1) is 20.4. The monoisotopic (exact) mass is 408 g/mol. The van der Waals surface area contributed by atoms with Crippen LogP contribution in [0.2, 0.25) is 0 Å². The van der Waals surface area contributed by atoms with Gasteiger partial charge in [0.05, 0.1) is 14.2 Å². The summed E-state index contributed by atoms with van der Waals surface area (Å²) < 4.78 is 11.5. The van der Waals surface area contributed by atoms with Crippen LogP contribution in [0.3, 0.4) is 0 Å². The molecule has 0 saturated heterocycles. The van der Waals surface area contributed by atoms with Crippen LogP contribution in [0.15, 0.2) is 109 Å². The smallest absolute Gasteiger partial charge is 0.182 e. The Labute approximate surface area is 182 Å². The fourth-order valence-corrected chi connectivity index (χ4v) is 4.23. The average molecular weight is 408 g/mol. The summed E-state index contributed by atoms with van der Waals surface area (Å²) in [4.78, 5) is 14.5. The van der Waals surface area contributed by atoms with Crippen LogP contribution in [0.5, 0.6) is 11.5 Å². The molecule has 154 valence electrons. The maximum Gasteiger partial charge on any atom is 0.182 e. The standard InChI is InChI=1S/C28H24O3/c1-30-25-19-11-9-17-23(25)28(22-15-7-4-8-16-22,24-18-10-12-20-26(24)31-2)27(29)21-13-5-3-6-14-21/h3-20H,1-2H3. The number of rotatable bonds is 7. The quantitative estimate of drug-likeness (QED) is 0.281. The van der Waals surface area contributed by atoms with Crippen molar-refractivity contribution in [1.82, 2.24) is 0 Å². The molecule has 0 spiro atoms. The summed E-state index contributed by atoms with van der Waals surface area (Å²) in [6.45, 7) is 0. The Morgan fingerprint density at radius 2 is 1.00 bits per heavy atom. The van der Waals surface area contributed by atoms with Gasteiger partial charge in [0.25, 0.3) is 0 Å². The lowest BCUT2D eigenvalue weighted by atomic mass is 9.64. The van der Waals surface area contributed by atoms with E-state index in [2.05, 4.69) is 0 Å². The van der Waals surface area contributed by atoms with E-state index in [9.17, 15) is 4.79 Å². The molecule has 0 aromatic heterocycles. The second-order valence-corrected chi connectivity index (χ2v) is 7.21. The van der Waals surface area contributed by atoms with Crippen molar-refractivity contribution >= 4 is 5.78 Å². The molecule has 0 heterocycles. The third kappa shape index (κ3) is 3.49. The molecule has 0 aliphatic rings. The Kier molecular flexibility index (Phi) is 5.85. The van der Waals surface area contributed by atoms with Gasteiger partial charge in [0, 0.05) is 16.7 Å². The highest BCUT2D eigenvalue weighted by Gasteiger charge is 2.47. The Morgan fingerprint density at radius 1 is 0.581 bits per heavy atom. The first-order valence-corrected chi connectivity index (χ1v) is 10.2. The molecule has 0 bridgehead atoms. The number of ether oxygens (including phenoxy) is 2. The van der Waals surface area contributed by atoms with Crippen LogP contribution in [0.25, 0.3) is 0 Å². The topological polar surface area (TPSA) is 35.5 Å². The Hall–Kier alpha value is -3.85. The van der Waals surface area contributed by atoms with E-state index >= 15 is 0 Å². The molecule has 3 heteroatoms. The van der Waals surface area contributed by atoms with Crippen molar-refractivity contribution in [3.8, 4) is 11.5 Å². The molecule has 0 radical (unpaired) electrons. The van der Waals surface area contributed by atoms with Gasteiger partial charge in [0.2, 0.25) is 0 Å². The molecule has 0 fully saturated rings. The molecule has 0 amide bonds. The van der Waals surface area contributed by atoms with Crippen molar-refractivity contribution < 1.29 is 14.3 Å². The van der Waals surface area contributed by atoms with Crippen LogP contribution in [-0.4, -0.2) is 20.0 Å². The van der Waals surface area contributed by atoms with Gasteiger partial charge in [-0.15, -0.1) is 0 Å². The van der Waals surface area contributed by atoms with Crippen molar-refractivity contribution in [3.05, 3.63) is 131 Å². The predicted octanol–water partition coefficient (Wildman–Crippen LogP) is 5.92. The Bertz CT molecular complexity index is 1120. The number of ketones is 1. The fourth-order valence-electron chi connectivity index (χ4n) is 4.23. The molecule has 4 aromatic rings. The minimum absolute atomic E-state index is 0.0479. The fraction of sp³-hybridized carbons (Fsp3) is 0.107. The number of para-hydroxylation sites is 2. The maximum atomic E-state index is 14.5. The number of hydrogen-bond acceptors (Lipinski definition) is 3. The van der Waals surface area contributed by atoms with Crippen molar-refractivity contribution in [1.29, 1.82) is 0 Å². The third-order valence-electron chi connectivity index (χ3n) is 5.61. The molecule has 0 unspecified atom stereocenters. The minimum atomic E-state index is -1.16. The van der Waals surface area contributed by atoms with Gasteiger partial charge < -0.3 is 9.47 Å². The molecule has 0 aliphatic heterocycles. The summed E-state index contributed by atoms with van der Waals surface area (Å²) in [6, 6.07) is 34.6. The predicted molar refractivity (Wildman–Crippen MR) is 123 cm³/mol. The van der Waals surface area contributed by atoms with Gasteiger partial charge in [-0.1, -0.05) is 97.1 Å². The first-order valence-electron chi connectivity index (χ1n) is 10.2. The zero-order chi connectivity index (χ0) is 21.7. The normalized spacial score (nSPS) is 11.0. The van der Waals surface area contributed by atoms with Gasteiger partial charge in [0.15, 0.2) is 5.78 Å². The zero-order valence-electron chi connectivity index (χ0n) is 17.6. The van der Waals surface area contributed by atoms with E-state index in [1.807, 2.05) is 109 Å². The Balaban J connectivity index is 2.18. The summed E-state index contributed by atoms with van der Waals surface area (Å²) >= 11 is 0. The van der Waals surface area contributed by atoms with Crippen LogP contribution < -0.4 is 9.47 Å². The molecule has 31 heavy (non-hydrogen) atoms. The van der Waals surface area contributed by atoms with E-state index in [0.717, 1.165) is 16.7 Å². The summed E-state index contributed by atoms with van der Waals surface area (Å²) in [5, 5.41) is 0. The van der Waals surface area contributed by atoms with Crippen LogP contribution >= 0.6 is 0 Å². The number of carbonyl (C=O) groups excluding carboxylic acids is 1. The second kappa shape index (κ2) is 8.88. The largest absolute Gasteiger partial charge is 0.496 e. The van der Waals surface area contributed by atoms with Crippen molar-refractivity contribution in [2.24, 2.45) is 0 Å². The van der Waals surface area contributed by atoms with Gasteiger partial charge in [0.1, 0.15) is 16.9 Å². The summed E-state index contributed by atoms with van der Waals surface area (Å²) in [6.07, 6.45) is 0. The number of Topliss-reactive ketones (excluding diaryl/α,β-unsaturated/α-hetero) is 1. The number of hydrogen-bond donors (Lipinski definition) is 0. The summed E-state index contributed by atoms with van der Waals surface area (Å²) in [7, 11) is 3.26. The zero-order valence-corrected chi connectivity index (χ0v) is 17.6. The average Bonchev–Trinajstić information content (AvgIpc) is 2.86. The summed E-state index contributed by atoms with van der Waals surface area (Å²) in [5.74, 6) is 1.23. The molecule has 3 nitrogen and oxygen atoms in total. The van der Waals surface area contributed by atoms with Crippen molar-refractivity contribution in [3.63, 3.8) is 0 Å². The van der Waals surface area contributed by atoms with E-state index in [1.165, 1.54) is 0 Å². The van der Waals surface area contributed by atoms with E-state index < -0.39 is 5.41 Å². The molecule has 0 saturated carbocycles. The SMILES string of the molecule is COc1ccccc1C(C(=O)c1ccccc1)(c1ccccc1)c1ccccc1OC. The first-order chi connectivity index (χ1) is 15.2. The Morgan fingerprint density at radius 3 is 1.48 bits per heavy atom. The van der Waals surface area contributed by atoms with Gasteiger partial charge in [-0.2, -0.15) is 0 Å². The van der Waals surface area contributed by atoms with Crippen LogP contribution in [0, 0.1) is 0 Å². The molecule has 0 aliphatic carbocycles. The summed E-state index contributed by atoms with van der Waals surface area (Å²) in [5.41, 5.74) is 1.83. The third-order valence-corrected chi connectivity index (χ3v) is 5.61. The van der Waals surface area contributed by atoms with Crippen LogP contribution in [0.1, 0.15) is 27.0 Å². The lowest BCUT2D eigenvalue weighted by molar-refractivity contribution is 0.0931. The maximum absolute atomic E-state index is 14.5. The van der Waals surface area contributed by atoms with Gasteiger partial charge >= 0.3 is 0 Å². The molecule has 0 N–H and O–H groups in total. The van der Waals surface area contributed by atoms with E-state index in [4.69, 9.17) is 9.47 Å².